The molecule has 0 radical (unpaired) electrons. The molecule has 508 valence electrons. The van der Waals surface area contributed by atoms with Crippen molar-refractivity contribution in [3.8, 4) is 62.6 Å². The number of nitrogens with zero attached hydrogens (tertiary/aromatic N) is 13. The molecule has 5 aliphatic rings. The van der Waals surface area contributed by atoms with Crippen molar-refractivity contribution in [3.63, 3.8) is 0 Å². The Morgan fingerprint density at radius 2 is 0.840 bits per heavy atom. The Bertz CT molecular complexity index is 7360. The maximum atomic E-state index is 8.34. The number of hydrogen-bond acceptors (Lipinski definition) is 2. The lowest BCUT2D eigenvalue weighted by molar-refractivity contribution is -0.652. The van der Waals surface area contributed by atoms with Crippen LogP contribution in [0.3, 0.4) is 0 Å². The van der Waals surface area contributed by atoms with Crippen molar-refractivity contribution < 1.29 is 43.7 Å². The number of furan rings is 1. The highest BCUT2D eigenvalue weighted by Gasteiger charge is 2.40. The molecule has 5 aliphatic heterocycles. The largest absolute Gasteiger partial charge is 0.419 e. The highest BCUT2D eigenvalue weighted by molar-refractivity contribution is 7.25. The molecule has 14 nitrogen and oxygen atoms in total. The van der Waals surface area contributed by atoms with Gasteiger partial charge in [-0.25, -0.2) is 49.9 Å². The molecule has 9 aromatic carbocycles. The molecule has 0 aliphatic carbocycles. The standard InChI is InChI=1S/C23H18N3.2C17H14N3.C17H13N2O.C17H13N2S/c1-24-21-19-13-7-8-14-20(19)26(17-10-3-2-4-11-17)23(21)25-15-16-9-5-6-12-18(16)22(24)25;2*1-18-16-14-8-3-2-6-12(14)11-20(16)15-10-13-7-4-5-9-19(13)17(15)18;2*1-18-15-13-8-4-5-9-14(13)20-17(15)19-10-11-6-2-3-7-12(11)16(18)19/h2-14H,15H2,1H3;2*2-10H,11H2,1H3;2*2-9H,10H2,1H3/q5*+1/i2*1D3;;2*1D3. The minimum Gasteiger partial charge on any atom is -0.419 e. The number of benzene rings is 9. The van der Waals surface area contributed by atoms with Gasteiger partial charge in [0, 0.05) is 38.9 Å². The van der Waals surface area contributed by atoms with Gasteiger partial charge >= 0.3 is 5.71 Å². The third-order valence-electron chi connectivity index (χ3n) is 22.1. The first-order chi connectivity index (χ1) is 57.1. The quantitative estimate of drug-likeness (QED) is 0.151. The molecule has 0 saturated heterocycles. The number of fused-ring (bicyclic) bond motifs is 35. The van der Waals surface area contributed by atoms with Crippen molar-refractivity contribution in [2.75, 3.05) is 0 Å². The van der Waals surface area contributed by atoms with E-state index in [0.29, 0.717) is 42.3 Å². The van der Waals surface area contributed by atoms with Gasteiger partial charge in [0.05, 0.1) is 122 Å². The molecule has 12 aromatic heterocycles. The fraction of sp³-hybridized carbons (Fsp3) is 0.110. The molecule has 17 heterocycles. The lowest BCUT2D eigenvalue weighted by Gasteiger charge is -2.03. The zero-order valence-electron chi connectivity index (χ0n) is 69.3. The van der Waals surface area contributed by atoms with Crippen LogP contribution in [-0.2, 0) is 67.7 Å². The fourth-order valence-electron chi connectivity index (χ4n) is 17.6. The summed E-state index contributed by atoms with van der Waals surface area (Å²) in [6.45, 7) is -5.30. The first kappa shape index (κ1) is 49.5. The molecule has 26 rings (SSSR count). The molecule has 0 unspecified atom stereocenters. The van der Waals surface area contributed by atoms with Crippen LogP contribution in [0.1, 0.15) is 44.3 Å². The third-order valence-corrected chi connectivity index (χ3v) is 23.3. The highest BCUT2D eigenvalue weighted by Crippen LogP contribution is 2.42. The van der Waals surface area contributed by atoms with E-state index in [0.717, 1.165) is 140 Å². The summed E-state index contributed by atoms with van der Waals surface area (Å²) in [6.07, 6.45) is 4.06. The Morgan fingerprint density at radius 3 is 1.46 bits per heavy atom. The Balaban J connectivity index is 0.0000000894. The van der Waals surface area contributed by atoms with Gasteiger partial charge in [0.15, 0.2) is 22.1 Å². The monoisotopic (exact) mass is 1410 g/mol. The van der Waals surface area contributed by atoms with E-state index in [-0.39, 0.29) is 0 Å². The predicted octanol–water partition coefficient (Wildman–Crippen LogP) is 16.9. The lowest BCUT2D eigenvalue weighted by Crippen LogP contribution is -2.33. The molecule has 0 saturated carbocycles. The van der Waals surface area contributed by atoms with Gasteiger partial charge in [-0.05, 0) is 114 Å². The zero-order valence-corrected chi connectivity index (χ0v) is 58.1. The van der Waals surface area contributed by atoms with Gasteiger partial charge in [-0.15, -0.1) is 0 Å². The average Bonchev–Trinajstić information content (AvgIpc) is 1.54. The van der Waals surface area contributed by atoms with Crippen LogP contribution in [0, 0.1) is 0 Å². The molecular weight excluding hydrogens is 1320 g/mol. The number of para-hydroxylation sites is 3. The number of thiophene rings is 1. The van der Waals surface area contributed by atoms with E-state index in [1.807, 2.05) is 191 Å². The predicted molar refractivity (Wildman–Crippen MR) is 422 cm³/mol. The summed E-state index contributed by atoms with van der Waals surface area (Å²) in [4.78, 5) is 1.04. The smallest absolute Gasteiger partial charge is 0.339 e. The summed E-state index contributed by atoms with van der Waals surface area (Å²) < 4.78 is 130. The Morgan fingerprint density at radius 1 is 0.377 bits per heavy atom. The first-order valence-electron chi connectivity index (χ1n) is 41.6. The molecule has 15 heteroatoms. The van der Waals surface area contributed by atoms with Crippen LogP contribution >= 0.6 is 11.3 Å². The molecule has 21 aromatic rings. The van der Waals surface area contributed by atoms with Crippen molar-refractivity contribution in [1.82, 2.24) is 36.2 Å². The minimum absolute atomic E-state index is 0.619. The molecule has 0 fully saturated rings. The number of hydrogen-bond donors (Lipinski definition) is 0. The van der Waals surface area contributed by atoms with E-state index in [2.05, 4.69) is 142 Å². The summed E-state index contributed by atoms with van der Waals surface area (Å²) in [5.74, 6) is 4.32. The summed E-state index contributed by atoms with van der Waals surface area (Å²) in [7, 11) is 2.16. The maximum Gasteiger partial charge on any atom is 0.339 e. The van der Waals surface area contributed by atoms with Crippen molar-refractivity contribution in [2.45, 2.75) is 32.7 Å². The van der Waals surface area contributed by atoms with Gasteiger partial charge in [0.1, 0.15) is 40.9 Å². The summed E-state index contributed by atoms with van der Waals surface area (Å²) in [6, 6.07) is 91.1. The summed E-state index contributed by atoms with van der Waals surface area (Å²) >= 11 is 1.67. The van der Waals surface area contributed by atoms with Crippen LogP contribution in [0.15, 0.2) is 290 Å². The van der Waals surface area contributed by atoms with Crippen LogP contribution in [0.25, 0.3) is 161 Å². The molecule has 0 spiro atoms. The first-order valence-corrected chi connectivity index (χ1v) is 36.4. The van der Waals surface area contributed by atoms with E-state index in [1.165, 1.54) is 48.3 Å². The highest BCUT2D eigenvalue weighted by atomic mass is 32.1. The molecular formula is C91H72N13OS+5. The van der Waals surface area contributed by atoms with E-state index in [4.69, 9.17) is 20.9 Å². The average molecular weight is 1410 g/mol. The molecule has 106 heavy (non-hydrogen) atoms. The van der Waals surface area contributed by atoms with Crippen molar-refractivity contribution in [3.05, 3.63) is 313 Å². The van der Waals surface area contributed by atoms with E-state index in [9.17, 15) is 0 Å². The third kappa shape index (κ3) is 8.56. The second-order valence-corrected chi connectivity index (χ2v) is 28.8. The topological polar surface area (TPSA) is 70.9 Å². The SMILES string of the molecule is C[n+]1c2n(c3cc4ccccn4c31)Cc1ccccc1-2.[2H]C([2H])([2H])[n+]1c2n(c3cc4ccccn4c31)Cc1ccccc1-2.[2H]C([2H])([2H])n1c2[n+](c3c1c1ccccc1n3-c1ccccc1)Cc1ccccc1-2.[2H]C([2H])([2H])n1c2[n+](c3oc4ccccc4c31)Cc1ccccc1-2.[2H]C([2H])([2H])n1c2[n+](c3sc4ccccc4c31)Cc1ccccc1-2. The van der Waals surface area contributed by atoms with Crippen molar-refractivity contribution in [2.24, 2.45) is 35.0 Å². The van der Waals surface area contributed by atoms with Crippen molar-refractivity contribution >= 4 is 109 Å². The van der Waals surface area contributed by atoms with Gasteiger partial charge in [-0.2, -0.15) is 4.57 Å². The Hall–Kier alpha value is -13.1. The normalized spacial score (nSPS) is 15.1. The molecule has 0 amide bonds. The Labute approximate surface area is 629 Å². The number of rotatable bonds is 1. The maximum absolute atomic E-state index is 8.34. The molecule has 0 N–H and O–H groups in total. The van der Waals surface area contributed by atoms with Crippen molar-refractivity contribution in [1.29, 1.82) is 0 Å². The van der Waals surface area contributed by atoms with Crippen LogP contribution in [-0.4, -0.2) is 36.2 Å². The van der Waals surface area contributed by atoms with Gasteiger partial charge in [-0.1, -0.05) is 169 Å². The van der Waals surface area contributed by atoms with Crippen LogP contribution < -0.4 is 22.8 Å². The van der Waals surface area contributed by atoms with Gasteiger partial charge < -0.3 is 4.42 Å². The van der Waals surface area contributed by atoms with Gasteiger partial charge in [-0.3, -0.25) is 4.57 Å². The molecule has 0 atom stereocenters. The summed E-state index contributed by atoms with van der Waals surface area (Å²) in [5, 5.41) is 2.79. The molecule has 0 bridgehead atoms. The number of imidazole rings is 5. The summed E-state index contributed by atoms with van der Waals surface area (Å²) in [5.41, 5.74) is 24.4. The fourth-order valence-corrected chi connectivity index (χ4v) is 18.8. The van der Waals surface area contributed by atoms with Gasteiger partial charge in [0.2, 0.25) is 27.8 Å². The Kier molecular flexibility index (Phi) is 10.7. The van der Waals surface area contributed by atoms with E-state index >= 15 is 0 Å². The minimum atomic E-state index is -2.29. The number of aryl methyl sites for hydroxylation is 5. The van der Waals surface area contributed by atoms with E-state index < -0.39 is 27.9 Å². The zero-order chi connectivity index (χ0) is 80.3. The lowest BCUT2D eigenvalue weighted by atomic mass is 10.1. The number of aromatic nitrogens is 13. The second kappa shape index (κ2) is 22.9. The van der Waals surface area contributed by atoms with Crippen LogP contribution in [0.5, 0.6) is 0 Å². The number of pyridine rings is 2. The van der Waals surface area contributed by atoms with E-state index in [1.54, 1.807) is 20.5 Å². The van der Waals surface area contributed by atoms with Gasteiger partial charge in [0.25, 0.3) is 28.6 Å². The van der Waals surface area contributed by atoms with Crippen LogP contribution in [0.2, 0.25) is 0 Å². The second-order valence-electron chi connectivity index (χ2n) is 27.8. The van der Waals surface area contributed by atoms with Crippen LogP contribution in [0.4, 0.5) is 0 Å².